The highest BCUT2D eigenvalue weighted by Gasteiger charge is 2.34. The second kappa shape index (κ2) is 5.16. The molecule has 0 unspecified atom stereocenters. The maximum absolute atomic E-state index is 12.5. The summed E-state index contributed by atoms with van der Waals surface area (Å²) >= 11 is 0. The molecule has 1 fully saturated rings. The standard InChI is InChI=1S/C16H16N2O3/c1-10-4-5-11-9-12(6-7-13(11)17-10)15(19)18-8-2-3-14(18)16(20)21/h4-7,9,14H,2-3,8H2,1H3,(H,20,21)/t14-/m1/s1. The van der Waals surface area contributed by atoms with Crippen molar-refractivity contribution < 1.29 is 14.7 Å². The number of carbonyl (C=O) groups is 2. The summed E-state index contributed by atoms with van der Waals surface area (Å²) in [6.07, 6.45) is 1.26. The molecule has 1 N–H and O–H groups in total. The van der Waals surface area contributed by atoms with Crippen molar-refractivity contribution in [3.63, 3.8) is 0 Å². The Kier molecular flexibility index (Phi) is 3.33. The third kappa shape index (κ3) is 2.46. The van der Waals surface area contributed by atoms with Crippen LogP contribution >= 0.6 is 0 Å². The lowest BCUT2D eigenvalue weighted by molar-refractivity contribution is -0.141. The highest BCUT2D eigenvalue weighted by atomic mass is 16.4. The Labute approximate surface area is 122 Å². The van der Waals surface area contributed by atoms with Crippen LogP contribution in [0.1, 0.15) is 28.9 Å². The molecule has 0 saturated carbocycles. The third-order valence-corrected chi connectivity index (χ3v) is 3.87. The maximum atomic E-state index is 12.5. The number of likely N-dealkylation sites (tertiary alicyclic amines) is 1. The van der Waals surface area contributed by atoms with Gasteiger partial charge in [-0.1, -0.05) is 6.07 Å². The summed E-state index contributed by atoms with van der Waals surface area (Å²) in [5.41, 5.74) is 2.27. The molecule has 1 saturated heterocycles. The summed E-state index contributed by atoms with van der Waals surface area (Å²) in [5, 5.41) is 10.1. The number of aryl methyl sites for hydroxylation is 1. The van der Waals surface area contributed by atoms with Gasteiger partial charge in [0.25, 0.3) is 5.91 Å². The first-order valence-electron chi connectivity index (χ1n) is 6.97. The first kappa shape index (κ1) is 13.5. The average Bonchev–Trinajstić information content (AvgIpc) is 2.95. The van der Waals surface area contributed by atoms with Gasteiger partial charge in [-0.15, -0.1) is 0 Å². The zero-order chi connectivity index (χ0) is 15.0. The van der Waals surface area contributed by atoms with Crippen molar-refractivity contribution in [2.45, 2.75) is 25.8 Å². The van der Waals surface area contributed by atoms with Gasteiger partial charge >= 0.3 is 5.97 Å². The van der Waals surface area contributed by atoms with Crippen LogP contribution in [0.2, 0.25) is 0 Å². The van der Waals surface area contributed by atoms with Gasteiger partial charge in [0.1, 0.15) is 6.04 Å². The highest BCUT2D eigenvalue weighted by molar-refractivity contribution is 5.99. The third-order valence-electron chi connectivity index (χ3n) is 3.87. The monoisotopic (exact) mass is 284 g/mol. The van der Waals surface area contributed by atoms with Crippen LogP contribution in [-0.2, 0) is 4.79 Å². The lowest BCUT2D eigenvalue weighted by atomic mass is 10.1. The molecule has 1 aromatic carbocycles. The van der Waals surface area contributed by atoms with E-state index in [9.17, 15) is 14.7 Å². The predicted octanol–water partition coefficient (Wildman–Crippen LogP) is 2.23. The molecule has 0 spiro atoms. The van der Waals surface area contributed by atoms with Crippen molar-refractivity contribution in [3.05, 3.63) is 41.6 Å². The normalized spacial score (nSPS) is 18.1. The van der Waals surface area contributed by atoms with Gasteiger partial charge in [0, 0.05) is 23.2 Å². The van der Waals surface area contributed by atoms with Crippen LogP contribution in [0.4, 0.5) is 0 Å². The first-order chi connectivity index (χ1) is 10.1. The fourth-order valence-corrected chi connectivity index (χ4v) is 2.79. The lowest BCUT2D eigenvalue weighted by Gasteiger charge is -2.21. The zero-order valence-corrected chi connectivity index (χ0v) is 11.7. The van der Waals surface area contributed by atoms with Gasteiger partial charge in [-0.25, -0.2) is 4.79 Å². The number of amides is 1. The van der Waals surface area contributed by atoms with Gasteiger partial charge in [0.05, 0.1) is 5.52 Å². The molecule has 1 atom stereocenters. The zero-order valence-electron chi connectivity index (χ0n) is 11.7. The van der Waals surface area contributed by atoms with E-state index in [2.05, 4.69) is 4.98 Å². The Morgan fingerprint density at radius 1 is 1.29 bits per heavy atom. The number of nitrogens with zero attached hydrogens (tertiary/aromatic N) is 2. The Balaban J connectivity index is 1.94. The maximum Gasteiger partial charge on any atom is 0.326 e. The van der Waals surface area contributed by atoms with E-state index in [1.165, 1.54) is 4.90 Å². The first-order valence-corrected chi connectivity index (χ1v) is 6.97. The smallest absolute Gasteiger partial charge is 0.326 e. The summed E-state index contributed by atoms with van der Waals surface area (Å²) < 4.78 is 0. The van der Waals surface area contributed by atoms with Crippen molar-refractivity contribution in [1.29, 1.82) is 0 Å². The quantitative estimate of drug-likeness (QED) is 0.918. The number of carboxylic acids is 1. The number of aromatic nitrogens is 1. The van der Waals surface area contributed by atoms with Gasteiger partial charge in [-0.3, -0.25) is 9.78 Å². The molecule has 21 heavy (non-hydrogen) atoms. The number of pyridine rings is 1. The predicted molar refractivity (Wildman–Crippen MR) is 78.2 cm³/mol. The van der Waals surface area contributed by atoms with Crippen LogP contribution in [0.25, 0.3) is 10.9 Å². The molecule has 1 amide bonds. The molecule has 0 radical (unpaired) electrons. The molecular weight excluding hydrogens is 268 g/mol. The van der Waals surface area contributed by atoms with Gasteiger partial charge in [0.2, 0.25) is 0 Å². The van der Waals surface area contributed by atoms with Gasteiger partial charge in [-0.05, 0) is 44.0 Å². The number of carbonyl (C=O) groups excluding carboxylic acids is 1. The summed E-state index contributed by atoms with van der Waals surface area (Å²) in [6.45, 7) is 2.42. The van der Waals surface area contributed by atoms with Crippen molar-refractivity contribution in [2.24, 2.45) is 0 Å². The summed E-state index contributed by atoms with van der Waals surface area (Å²) in [6, 6.07) is 8.42. The van der Waals surface area contributed by atoms with Crippen LogP contribution in [0.3, 0.4) is 0 Å². The van der Waals surface area contributed by atoms with Gasteiger partial charge in [0.15, 0.2) is 0 Å². The summed E-state index contributed by atoms with van der Waals surface area (Å²) in [7, 11) is 0. The molecule has 0 bridgehead atoms. The van der Waals surface area contributed by atoms with E-state index in [0.29, 0.717) is 18.5 Å². The minimum Gasteiger partial charge on any atom is -0.480 e. The molecule has 0 aliphatic carbocycles. The number of carboxylic acid groups (broad SMARTS) is 1. The molecule has 1 aliphatic heterocycles. The fourth-order valence-electron chi connectivity index (χ4n) is 2.79. The largest absolute Gasteiger partial charge is 0.480 e. The number of hydrogen-bond acceptors (Lipinski definition) is 3. The molecule has 5 nitrogen and oxygen atoms in total. The molecular formula is C16H16N2O3. The topological polar surface area (TPSA) is 70.5 Å². The summed E-state index contributed by atoms with van der Waals surface area (Å²) in [4.78, 5) is 29.6. The van der Waals surface area contributed by atoms with E-state index < -0.39 is 12.0 Å². The van der Waals surface area contributed by atoms with E-state index in [0.717, 1.165) is 23.0 Å². The second-order valence-electron chi connectivity index (χ2n) is 5.35. The van der Waals surface area contributed by atoms with E-state index >= 15 is 0 Å². The number of hydrogen-bond donors (Lipinski definition) is 1. The molecule has 108 valence electrons. The fraction of sp³-hybridized carbons (Fsp3) is 0.312. The minimum atomic E-state index is -0.932. The number of aliphatic carboxylic acids is 1. The van der Waals surface area contributed by atoms with Gasteiger partial charge < -0.3 is 10.0 Å². The Hall–Kier alpha value is -2.43. The molecule has 2 aromatic rings. The van der Waals surface area contributed by atoms with E-state index in [4.69, 9.17) is 0 Å². The van der Waals surface area contributed by atoms with Crippen LogP contribution in [0.5, 0.6) is 0 Å². The van der Waals surface area contributed by atoms with E-state index in [1.807, 2.05) is 19.1 Å². The van der Waals surface area contributed by atoms with Crippen molar-refractivity contribution in [1.82, 2.24) is 9.88 Å². The van der Waals surface area contributed by atoms with Crippen LogP contribution in [0, 0.1) is 6.92 Å². The molecule has 1 aromatic heterocycles. The number of fused-ring (bicyclic) bond motifs is 1. The Morgan fingerprint density at radius 2 is 2.10 bits per heavy atom. The Morgan fingerprint density at radius 3 is 2.86 bits per heavy atom. The second-order valence-corrected chi connectivity index (χ2v) is 5.35. The van der Waals surface area contributed by atoms with E-state index in [1.54, 1.807) is 18.2 Å². The van der Waals surface area contributed by atoms with Crippen molar-refractivity contribution >= 4 is 22.8 Å². The Bertz CT molecular complexity index is 727. The minimum absolute atomic E-state index is 0.220. The van der Waals surface area contributed by atoms with Crippen LogP contribution in [-0.4, -0.2) is 39.5 Å². The van der Waals surface area contributed by atoms with Gasteiger partial charge in [-0.2, -0.15) is 0 Å². The van der Waals surface area contributed by atoms with Crippen molar-refractivity contribution in [2.75, 3.05) is 6.54 Å². The number of benzene rings is 1. The van der Waals surface area contributed by atoms with Crippen LogP contribution < -0.4 is 0 Å². The lowest BCUT2D eigenvalue weighted by Crippen LogP contribution is -2.40. The average molecular weight is 284 g/mol. The molecule has 3 rings (SSSR count). The SMILES string of the molecule is Cc1ccc2cc(C(=O)N3CCC[C@@H]3C(=O)O)ccc2n1. The molecule has 5 heteroatoms. The highest BCUT2D eigenvalue weighted by Crippen LogP contribution is 2.22. The molecule has 2 heterocycles. The van der Waals surface area contributed by atoms with E-state index in [-0.39, 0.29) is 5.91 Å². The molecule has 1 aliphatic rings. The number of rotatable bonds is 2. The van der Waals surface area contributed by atoms with Crippen LogP contribution in [0.15, 0.2) is 30.3 Å². The van der Waals surface area contributed by atoms with Crippen molar-refractivity contribution in [3.8, 4) is 0 Å². The summed E-state index contributed by atoms with van der Waals surface area (Å²) in [5.74, 6) is -1.15.